The Hall–Kier alpha value is -2.42. The van der Waals surface area contributed by atoms with Crippen molar-refractivity contribution in [2.45, 2.75) is 6.54 Å². The monoisotopic (exact) mass is 269 g/mol. The second-order valence-corrected chi connectivity index (χ2v) is 4.27. The van der Waals surface area contributed by atoms with Crippen LogP contribution in [0, 0.1) is 0 Å². The maximum atomic E-state index is 5.71. The Morgan fingerprint density at radius 2 is 1.90 bits per heavy atom. The van der Waals surface area contributed by atoms with Gasteiger partial charge in [0.25, 0.3) is 0 Å². The number of methoxy groups -OCH3 is 1. The van der Waals surface area contributed by atoms with Gasteiger partial charge in [-0.1, -0.05) is 43.0 Å². The van der Waals surface area contributed by atoms with Crippen molar-refractivity contribution in [3.63, 3.8) is 0 Å². The van der Waals surface area contributed by atoms with Gasteiger partial charge in [0, 0.05) is 17.8 Å². The minimum Gasteiger partial charge on any atom is -0.493 e. The number of hydrogen-bond donors (Lipinski definition) is 1. The molecule has 0 fully saturated rings. The van der Waals surface area contributed by atoms with Crippen molar-refractivity contribution in [3.05, 3.63) is 66.7 Å². The lowest BCUT2D eigenvalue weighted by Gasteiger charge is -2.15. The highest BCUT2D eigenvalue weighted by Crippen LogP contribution is 2.31. The van der Waals surface area contributed by atoms with E-state index >= 15 is 0 Å². The molecule has 0 aromatic heterocycles. The van der Waals surface area contributed by atoms with Crippen molar-refractivity contribution in [1.29, 1.82) is 0 Å². The summed E-state index contributed by atoms with van der Waals surface area (Å²) in [5, 5.41) is 3.37. The highest BCUT2D eigenvalue weighted by atomic mass is 16.5. The maximum Gasteiger partial charge on any atom is 0.166 e. The quantitative estimate of drug-likeness (QED) is 0.774. The Balaban J connectivity index is 2.15. The molecule has 2 rings (SSSR count). The molecule has 0 saturated heterocycles. The Kier molecular flexibility index (Phi) is 5.07. The summed E-state index contributed by atoms with van der Waals surface area (Å²) in [7, 11) is 1.64. The molecule has 0 saturated carbocycles. The lowest BCUT2D eigenvalue weighted by atomic mass is 10.1. The van der Waals surface area contributed by atoms with Crippen LogP contribution in [0.2, 0.25) is 0 Å². The summed E-state index contributed by atoms with van der Waals surface area (Å²) >= 11 is 0. The molecule has 0 radical (unpaired) electrons. The number of anilines is 1. The lowest BCUT2D eigenvalue weighted by molar-refractivity contribution is 0.323. The first kappa shape index (κ1) is 14.0. The van der Waals surface area contributed by atoms with Crippen molar-refractivity contribution < 1.29 is 9.47 Å². The summed E-state index contributed by atoms with van der Waals surface area (Å²) in [6, 6.07) is 15.9. The summed E-state index contributed by atoms with van der Waals surface area (Å²) in [5.41, 5.74) is 2.13. The molecule has 3 heteroatoms. The van der Waals surface area contributed by atoms with Crippen molar-refractivity contribution in [2.75, 3.05) is 19.0 Å². The molecule has 104 valence electrons. The van der Waals surface area contributed by atoms with Crippen LogP contribution in [-0.2, 0) is 6.54 Å². The molecule has 0 aliphatic carbocycles. The molecule has 0 atom stereocenters. The van der Waals surface area contributed by atoms with Crippen molar-refractivity contribution >= 4 is 5.69 Å². The molecule has 20 heavy (non-hydrogen) atoms. The molecule has 0 unspecified atom stereocenters. The Bertz CT molecular complexity index is 552. The van der Waals surface area contributed by atoms with E-state index in [-0.39, 0.29) is 0 Å². The van der Waals surface area contributed by atoms with E-state index in [0.717, 1.165) is 22.7 Å². The van der Waals surface area contributed by atoms with Crippen molar-refractivity contribution in [2.24, 2.45) is 0 Å². The van der Waals surface area contributed by atoms with Crippen LogP contribution in [0.4, 0.5) is 5.69 Å². The molecular formula is C17H19NO2. The van der Waals surface area contributed by atoms with Gasteiger partial charge in [0.05, 0.1) is 7.11 Å². The van der Waals surface area contributed by atoms with Crippen molar-refractivity contribution in [1.82, 2.24) is 0 Å². The van der Waals surface area contributed by atoms with E-state index in [2.05, 4.69) is 11.9 Å². The number of nitrogens with one attached hydrogen (secondary N) is 1. The predicted octanol–water partition coefficient (Wildman–Crippen LogP) is 3.87. The number of para-hydroxylation sites is 2. The summed E-state index contributed by atoms with van der Waals surface area (Å²) in [4.78, 5) is 0. The van der Waals surface area contributed by atoms with Crippen LogP contribution in [0.5, 0.6) is 11.5 Å². The average molecular weight is 269 g/mol. The number of hydrogen-bond acceptors (Lipinski definition) is 3. The zero-order chi connectivity index (χ0) is 14.2. The number of ether oxygens (including phenoxy) is 2. The molecule has 2 aromatic rings. The van der Waals surface area contributed by atoms with Crippen LogP contribution >= 0.6 is 0 Å². The van der Waals surface area contributed by atoms with Crippen LogP contribution in [0.1, 0.15) is 5.56 Å². The largest absolute Gasteiger partial charge is 0.493 e. The van der Waals surface area contributed by atoms with Crippen molar-refractivity contribution in [3.8, 4) is 11.5 Å². The van der Waals surface area contributed by atoms with Crippen LogP contribution in [-0.4, -0.2) is 13.7 Å². The van der Waals surface area contributed by atoms with Gasteiger partial charge in [-0.2, -0.15) is 0 Å². The Labute approximate surface area is 119 Å². The van der Waals surface area contributed by atoms with Gasteiger partial charge < -0.3 is 14.8 Å². The fraction of sp³-hybridized carbons (Fsp3) is 0.176. The number of benzene rings is 2. The average Bonchev–Trinajstić information content (AvgIpc) is 2.52. The van der Waals surface area contributed by atoms with E-state index in [1.165, 1.54) is 0 Å². The fourth-order valence-electron chi connectivity index (χ4n) is 1.92. The number of rotatable bonds is 7. The second-order valence-electron chi connectivity index (χ2n) is 4.27. The van der Waals surface area contributed by atoms with E-state index in [0.29, 0.717) is 13.2 Å². The third kappa shape index (κ3) is 3.54. The van der Waals surface area contributed by atoms with Crippen LogP contribution in [0.15, 0.2) is 61.2 Å². The third-order valence-corrected chi connectivity index (χ3v) is 2.88. The molecular weight excluding hydrogens is 250 g/mol. The van der Waals surface area contributed by atoms with Crippen LogP contribution < -0.4 is 14.8 Å². The normalized spacial score (nSPS) is 9.85. The first-order chi connectivity index (χ1) is 9.85. The minimum absolute atomic E-state index is 0.457. The molecule has 0 spiro atoms. The van der Waals surface area contributed by atoms with E-state index < -0.39 is 0 Å². The van der Waals surface area contributed by atoms with Gasteiger partial charge in [0.15, 0.2) is 11.5 Å². The van der Waals surface area contributed by atoms with Crippen LogP contribution in [0.3, 0.4) is 0 Å². The van der Waals surface area contributed by atoms with Gasteiger partial charge in [-0.15, -0.1) is 0 Å². The molecule has 0 amide bonds. The standard InChI is InChI=1S/C17H19NO2/c1-3-12-20-17-14(8-7-11-16(17)19-2)13-18-15-9-5-4-6-10-15/h3-11,18H,1,12-13H2,2H3. The SMILES string of the molecule is C=CCOc1c(CNc2ccccc2)cccc1OC. The molecule has 0 bridgehead atoms. The van der Waals surface area contributed by atoms with E-state index in [4.69, 9.17) is 9.47 Å². The van der Waals surface area contributed by atoms with Gasteiger partial charge in [-0.25, -0.2) is 0 Å². The predicted molar refractivity (Wildman–Crippen MR) is 82.5 cm³/mol. The third-order valence-electron chi connectivity index (χ3n) is 2.88. The smallest absolute Gasteiger partial charge is 0.166 e. The van der Waals surface area contributed by atoms with Gasteiger partial charge >= 0.3 is 0 Å². The molecule has 0 aliphatic rings. The van der Waals surface area contributed by atoms with E-state index in [9.17, 15) is 0 Å². The first-order valence-corrected chi connectivity index (χ1v) is 6.53. The summed E-state index contributed by atoms with van der Waals surface area (Å²) < 4.78 is 11.1. The lowest BCUT2D eigenvalue weighted by Crippen LogP contribution is -2.05. The Morgan fingerprint density at radius 1 is 1.10 bits per heavy atom. The van der Waals surface area contributed by atoms with E-state index in [1.807, 2.05) is 48.5 Å². The summed E-state index contributed by atoms with van der Waals surface area (Å²) in [5.74, 6) is 1.50. The maximum absolute atomic E-state index is 5.71. The highest BCUT2D eigenvalue weighted by molar-refractivity contribution is 5.50. The van der Waals surface area contributed by atoms with Gasteiger partial charge in [-0.05, 0) is 18.2 Å². The minimum atomic E-state index is 0.457. The molecule has 2 aromatic carbocycles. The van der Waals surface area contributed by atoms with Gasteiger partial charge in [0.2, 0.25) is 0 Å². The fourth-order valence-corrected chi connectivity index (χ4v) is 1.92. The topological polar surface area (TPSA) is 30.5 Å². The zero-order valence-corrected chi connectivity index (χ0v) is 11.6. The summed E-state index contributed by atoms with van der Waals surface area (Å²) in [6.45, 7) is 4.80. The summed E-state index contributed by atoms with van der Waals surface area (Å²) in [6.07, 6.45) is 1.72. The first-order valence-electron chi connectivity index (χ1n) is 6.53. The molecule has 3 nitrogen and oxygen atoms in total. The Morgan fingerprint density at radius 3 is 2.60 bits per heavy atom. The van der Waals surface area contributed by atoms with Crippen LogP contribution in [0.25, 0.3) is 0 Å². The van der Waals surface area contributed by atoms with Gasteiger partial charge in [0.1, 0.15) is 6.61 Å². The van der Waals surface area contributed by atoms with Gasteiger partial charge in [-0.3, -0.25) is 0 Å². The molecule has 1 N–H and O–H groups in total. The van der Waals surface area contributed by atoms with E-state index in [1.54, 1.807) is 13.2 Å². The zero-order valence-electron chi connectivity index (χ0n) is 11.6. The second kappa shape index (κ2) is 7.24. The molecule has 0 heterocycles. The molecule has 0 aliphatic heterocycles. The highest BCUT2D eigenvalue weighted by Gasteiger charge is 2.09.